The molecule has 0 aromatic heterocycles. The Labute approximate surface area is 52.9 Å². The summed E-state index contributed by atoms with van der Waals surface area (Å²) in [5.74, 6) is -0.322. The van der Waals surface area contributed by atoms with Gasteiger partial charge in [-0.25, -0.2) is 0 Å². The van der Waals surface area contributed by atoms with Crippen molar-refractivity contribution in [3.8, 4) is 0 Å². The Morgan fingerprint density at radius 2 is 2.44 bits per heavy atom. The molecular weight excluding hydrogens is 120 g/mol. The summed E-state index contributed by atoms with van der Waals surface area (Å²) in [4.78, 5) is 19.7. The van der Waals surface area contributed by atoms with Crippen LogP contribution in [0.15, 0.2) is 12.7 Å². The summed E-state index contributed by atoms with van der Waals surface area (Å²) in [6.07, 6.45) is 2.52. The van der Waals surface area contributed by atoms with Gasteiger partial charge in [-0.1, -0.05) is 6.58 Å². The SMILES string of the molecule is C=CC(=O)NCN[C]=O. The van der Waals surface area contributed by atoms with Gasteiger partial charge in [0.1, 0.15) is 0 Å². The molecule has 0 aliphatic carbocycles. The van der Waals surface area contributed by atoms with Crippen LogP contribution in [0.4, 0.5) is 0 Å². The lowest BCUT2D eigenvalue weighted by molar-refractivity contribution is -0.116. The lowest BCUT2D eigenvalue weighted by atomic mass is 10.6. The molecule has 4 nitrogen and oxygen atoms in total. The van der Waals surface area contributed by atoms with Crippen LogP contribution >= 0.6 is 0 Å². The van der Waals surface area contributed by atoms with Gasteiger partial charge in [-0.3, -0.25) is 9.59 Å². The molecule has 2 N–H and O–H groups in total. The summed E-state index contributed by atoms with van der Waals surface area (Å²) < 4.78 is 0. The van der Waals surface area contributed by atoms with Crippen LogP contribution in [0.5, 0.6) is 0 Å². The van der Waals surface area contributed by atoms with Crippen LogP contribution in [-0.2, 0) is 9.59 Å². The first-order valence-corrected chi connectivity index (χ1v) is 2.31. The molecule has 0 aliphatic heterocycles. The van der Waals surface area contributed by atoms with E-state index in [1.54, 1.807) is 0 Å². The highest BCUT2D eigenvalue weighted by molar-refractivity contribution is 5.86. The van der Waals surface area contributed by atoms with E-state index in [2.05, 4.69) is 17.2 Å². The van der Waals surface area contributed by atoms with Crippen LogP contribution in [0.25, 0.3) is 0 Å². The van der Waals surface area contributed by atoms with E-state index in [-0.39, 0.29) is 12.6 Å². The maximum absolute atomic E-state index is 10.3. The summed E-state index contributed by atoms with van der Waals surface area (Å²) >= 11 is 0. The van der Waals surface area contributed by atoms with Gasteiger partial charge in [-0.15, -0.1) is 0 Å². The summed E-state index contributed by atoms with van der Waals surface area (Å²) in [5, 5.41) is 4.43. The normalized spacial score (nSPS) is 7.56. The quantitative estimate of drug-likeness (QED) is 0.218. The molecule has 2 amide bonds. The molecule has 0 bridgehead atoms. The van der Waals surface area contributed by atoms with Gasteiger partial charge in [0.15, 0.2) is 0 Å². The first-order chi connectivity index (χ1) is 4.31. The van der Waals surface area contributed by atoms with Crippen molar-refractivity contribution in [2.45, 2.75) is 0 Å². The Hall–Kier alpha value is -1.32. The Morgan fingerprint density at radius 1 is 1.78 bits per heavy atom. The second kappa shape index (κ2) is 4.83. The lowest BCUT2D eigenvalue weighted by Crippen LogP contribution is -2.31. The van der Waals surface area contributed by atoms with E-state index in [4.69, 9.17) is 0 Å². The Morgan fingerprint density at radius 3 is 2.89 bits per heavy atom. The average molecular weight is 127 g/mol. The van der Waals surface area contributed by atoms with Crippen LogP contribution in [0, 0.1) is 0 Å². The molecule has 0 aliphatic rings. The molecule has 0 unspecified atom stereocenters. The van der Waals surface area contributed by atoms with Gasteiger partial charge >= 0.3 is 6.41 Å². The summed E-state index contributed by atoms with van der Waals surface area (Å²) in [6, 6.07) is 0. The third kappa shape index (κ3) is 4.53. The molecular formula is C5H7N2O2. The summed E-state index contributed by atoms with van der Waals surface area (Å²) in [6.45, 7) is 3.29. The zero-order chi connectivity index (χ0) is 7.11. The van der Waals surface area contributed by atoms with E-state index >= 15 is 0 Å². The highest BCUT2D eigenvalue weighted by Gasteiger charge is 1.88. The lowest BCUT2D eigenvalue weighted by Gasteiger charge is -1.96. The molecule has 0 spiro atoms. The molecule has 1 radical (unpaired) electrons. The topological polar surface area (TPSA) is 58.2 Å². The molecule has 9 heavy (non-hydrogen) atoms. The molecule has 0 saturated heterocycles. The number of nitrogens with one attached hydrogen (secondary N) is 2. The van der Waals surface area contributed by atoms with Crippen LogP contribution in [0.1, 0.15) is 0 Å². The van der Waals surface area contributed by atoms with Crippen molar-refractivity contribution in [1.29, 1.82) is 0 Å². The largest absolute Gasteiger partial charge is 0.335 e. The number of hydrogen-bond acceptors (Lipinski definition) is 2. The minimum Gasteiger partial charge on any atom is -0.335 e. The third-order valence-electron chi connectivity index (χ3n) is 0.609. The van der Waals surface area contributed by atoms with Crippen molar-refractivity contribution >= 4 is 12.3 Å². The van der Waals surface area contributed by atoms with E-state index in [1.165, 1.54) is 6.41 Å². The van der Waals surface area contributed by atoms with Gasteiger partial charge in [0.2, 0.25) is 5.91 Å². The van der Waals surface area contributed by atoms with Gasteiger partial charge in [-0.2, -0.15) is 0 Å². The predicted molar refractivity (Wildman–Crippen MR) is 32.0 cm³/mol. The van der Waals surface area contributed by atoms with Crippen molar-refractivity contribution in [3.63, 3.8) is 0 Å². The third-order valence-corrected chi connectivity index (χ3v) is 0.609. The van der Waals surface area contributed by atoms with Crippen molar-refractivity contribution in [3.05, 3.63) is 12.7 Å². The number of rotatable bonds is 4. The fraction of sp³-hybridized carbons (Fsp3) is 0.200. The van der Waals surface area contributed by atoms with Gasteiger partial charge in [0.05, 0.1) is 6.67 Å². The van der Waals surface area contributed by atoms with Crippen molar-refractivity contribution in [2.24, 2.45) is 0 Å². The first kappa shape index (κ1) is 7.68. The average Bonchev–Trinajstić information content (AvgIpc) is 1.89. The standard InChI is InChI=1S/C5H7N2O2/c1-2-5(9)7-3-6-4-8/h2H,1,3H2,(H,6,8)(H,7,9). The predicted octanol–water partition coefficient (Wildman–Crippen LogP) is -1.10. The molecule has 0 aromatic rings. The zero-order valence-corrected chi connectivity index (χ0v) is 4.81. The van der Waals surface area contributed by atoms with Crippen LogP contribution < -0.4 is 10.6 Å². The maximum Gasteiger partial charge on any atom is 0.310 e. The number of carbonyl (C=O) groups is 1. The fourth-order valence-corrected chi connectivity index (χ4v) is 0.240. The molecule has 0 saturated carbocycles. The molecule has 49 valence electrons. The van der Waals surface area contributed by atoms with Gasteiger partial charge in [-0.05, 0) is 6.08 Å². The van der Waals surface area contributed by atoms with Crippen LogP contribution in [0.3, 0.4) is 0 Å². The van der Waals surface area contributed by atoms with E-state index in [1.807, 2.05) is 0 Å². The highest BCUT2D eigenvalue weighted by Crippen LogP contribution is 1.60. The molecule has 0 heterocycles. The molecule has 0 fully saturated rings. The van der Waals surface area contributed by atoms with Gasteiger partial charge in [0.25, 0.3) is 0 Å². The fourth-order valence-electron chi connectivity index (χ4n) is 0.240. The minimum atomic E-state index is -0.322. The van der Waals surface area contributed by atoms with Crippen LogP contribution in [0.2, 0.25) is 0 Å². The van der Waals surface area contributed by atoms with Crippen LogP contribution in [-0.4, -0.2) is 19.0 Å². The summed E-state index contributed by atoms with van der Waals surface area (Å²) in [7, 11) is 0. The van der Waals surface area contributed by atoms with E-state index < -0.39 is 0 Å². The monoisotopic (exact) mass is 127 g/mol. The Balaban J connectivity index is 3.16. The van der Waals surface area contributed by atoms with E-state index in [0.717, 1.165) is 6.08 Å². The Kier molecular flexibility index (Phi) is 4.12. The summed E-state index contributed by atoms with van der Waals surface area (Å²) in [5.41, 5.74) is 0. The number of carbonyl (C=O) groups excluding carboxylic acids is 2. The first-order valence-electron chi connectivity index (χ1n) is 2.31. The molecule has 0 aromatic carbocycles. The highest BCUT2D eigenvalue weighted by atomic mass is 16.2. The van der Waals surface area contributed by atoms with Crippen molar-refractivity contribution in [1.82, 2.24) is 10.6 Å². The molecule has 4 heteroatoms. The van der Waals surface area contributed by atoms with E-state index in [0.29, 0.717) is 0 Å². The molecule has 0 atom stereocenters. The van der Waals surface area contributed by atoms with E-state index in [9.17, 15) is 9.59 Å². The Bertz CT molecular complexity index is 122. The number of hydrogen-bond donors (Lipinski definition) is 2. The zero-order valence-electron chi connectivity index (χ0n) is 4.81. The smallest absolute Gasteiger partial charge is 0.310 e. The number of amides is 2. The van der Waals surface area contributed by atoms with Gasteiger partial charge in [0, 0.05) is 0 Å². The van der Waals surface area contributed by atoms with Crippen molar-refractivity contribution in [2.75, 3.05) is 6.67 Å². The van der Waals surface area contributed by atoms with Gasteiger partial charge < -0.3 is 10.6 Å². The minimum absolute atomic E-state index is 0.0916. The molecule has 0 rings (SSSR count). The van der Waals surface area contributed by atoms with Crippen molar-refractivity contribution < 1.29 is 9.59 Å². The second-order valence-electron chi connectivity index (χ2n) is 1.20. The second-order valence-corrected chi connectivity index (χ2v) is 1.20. The maximum atomic E-state index is 10.3.